The second-order valence-corrected chi connectivity index (χ2v) is 6.49. The maximum absolute atomic E-state index is 11.8. The summed E-state index contributed by atoms with van der Waals surface area (Å²) in [5.74, 6) is 2.36. The lowest BCUT2D eigenvalue weighted by atomic mass is 10.2. The number of rotatable bonds is 10. The first-order chi connectivity index (χ1) is 15.2. The Labute approximate surface area is 181 Å². The van der Waals surface area contributed by atoms with E-state index in [4.69, 9.17) is 14.2 Å². The summed E-state index contributed by atoms with van der Waals surface area (Å²) in [7, 11) is 1.63. The Morgan fingerprint density at radius 1 is 0.839 bits per heavy atom. The average Bonchev–Trinajstić information content (AvgIpc) is 2.81. The van der Waals surface area contributed by atoms with Crippen molar-refractivity contribution in [2.75, 3.05) is 25.6 Å². The molecule has 0 heterocycles. The van der Waals surface area contributed by atoms with Gasteiger partial charge in [-0.25, -0.2) is 10.2 Å². The standard InChI is InChI=1S/C24H25N3O4/c1-29-21-12-14-23(15-13-21)31-17-5-16-30-22-10-8-19(9-11-22)18-25-27-24(28)26-20-6-3-2-4-7-20/h2-4,6-15,18H,5,16-17H2,1H3,(H2,26,27,28)/b25-18+. The number of carbonyl (C=O) groups is 1. The van der Waals surface area contributed by atoms with E-state index in [1.165, 1.54) is 0 Å². The van der Waals surface area contributed by atoms with Gasteiger partial charge in [0.2, 0.25) is 0 Å². The summed E-state index contributed by atoms with van der Waals surface area (Å²) in [5.41, 5.74) is 3.97. The molecule has 0 radical (unpaired) electrons. The Morgan fingerprint density at radius 3 is 2.03 bits per heavy atom. The molecule has 3 aromatic rings. The molecule has 0 spiro atoms. The van der Waals surface area contributed by atoms with Gasteiger partial charge in [-0.05, 0) is 66.2 Å². The molecule has 0 saturated carbocycles. The number of nitrogens with one attached hydrogen (secondary N) is 2. The molecule has 2 amide bonds. The minimum absolute atomic E-state index is 0.403. The summed E-state index contributed by atoms with van der Waals surface area (Å²) in [6.45, 7) is 1.11. The monoisotopic (exact) mass is 419 g/mol. The number of amides is 2. The number of anilines is 1. The lowest BCUT2D eigenvalue weighted by Gasteiger charge is -2.08. The van der Waals surface area contributed by atoms with E-state index in [1.54, 1.807) is 25.5 Å². The van der Waals surface area contributed by atoms with Gasteiger partial charge < -0.3 is 19.5 Å². The van der Waals surface area contributed by atoms with Crippen LogP contribution in [0.5, 0.6) is 17.2 Å². The number of urea groups is 1. The van der Waals surface area contributed by atoms with Gasteiger partial charge in [0.15, 0.2) is 0 Å². The van der Waals surface area contributed by atoms with E-state index in [0.29, 0.717) is 18.9 Å². The minimum Gasteiger partial charge on any atom is -0.497 e. The summed E-state index contributed by atoms with van der Waals surface area (Å²) in [4.78, 5) is 11.8. The molecule has 0 aliphatic carbocycles. The van der Waals surface area contributed by atoms with Gasteiger partial charge in [-0.2, -0.15) is 5.10 Å². The van der Waals surface area contributed by atoms with Gasteiger partial charge in [-0.1, -0.05) is 18.2 Å². The number of methoxy groups -OCH3 is 1. The molecule has 3 aromatic carbocycles. The fourth-order valence-electron chi connectivity index (χ4n) is 2.61. The largest absolute Gasteiger partial charge is 0.497 e. The fourth-order valence-corrected chi connectivity index (χ4v) is 2.61. The molecular formula is C24H25N3O4. The van der Waals surface area contributed by atoms with Crippen LogP contribution in [0.15, 0.2) is 84.0 Å². The number of nitrogens with zero attached hydrogens (tertiary/aromatic N) is 1. The Balaban J connectivity index is 1.33. The van der Waals surface area contributed by atoms with Crippen LogP contribution >= 0.6 is 0 Å². The van der Waals surface area contributed by atoms with Crippen LogP contribution in [0.2, 0.25) is 0 Å². The molecule has 0 atom stereocenters. The summed E-state index contributed by atoms with van der Waals surface area (Å²) in [5, 5.41) is 6.63. The average molecular weight is 419 g/mol. The van der Waals surface area contributed by atoms with Crippen molar-refractivity contribution in [3.8, 4) is 17.2 Å². The highest BCUT2D eigenvalue weighted by molar-refractivity contribution is 5.90. The van der Waals surface area contributed by atoms with E-state index in [9.17, 15) is 4.79 Å². The molecule has 0 saturated heterocycles. The molecule has 7 heteroatoms. The lowest BCUT2D eigenvalue weighted by molar-refractivity contribution is 0.247. The Bertz CT molecular complexity index is 958. The molecule has 0 fully saturated rings. The predicted molar refractivity (Wildman–Crippen MR) is 121 cm³/mol. The van der Waals surface area contributed by atoms with Crippen LogP contribution in [0.3, 0.4) is 0 Å². The number of benzene rings is 3. The van der Waals surface area contributed by atoms with Gasteiger partial charge in [0, 0.05) is 12.1 Å². The maximum Gasteiger partial charge on any atom is 0.339 e. The van der Waals surface area contributed by atoms with Gasteiger partial charge in [0.1, 0.15) is 17.2 Å². The maximum atomic E-state index is 11.8. The minimum atomic E-state index is -0.403. The molecular weight excluding hydrogens is 394 g/mol. The summed E-state index contributed by atoms with van der Waals surface area (Å²) in [6, 6.07) is 23.7. The van der Waals surface area contributed by atoms with Gasteiger partial charge in [-0.15, -0.1) is 0 Å². The van der Waals surface area contributed by atoms with Crippen molar-refractivity contribution in [3.63, 3.8) is 0 Å². The molecule has 0 unspecified atom stereocenters. The van der Waals surface area contributed by atoms with Crippen molar-refractivity contribution in [2.24, 2.45) is 5.10 Å². The van der Waals surface area contributed by atoms with E-state index < -0.39 is 6.03 Å². The number of para-hydroxylation sites is 1. The highest BCUT2D eigenvalue weighted by Gasteiger charge is 1.99. The predicted octanol–water partition coefficient (Wildman–Crippen LogP) is 4.70. The second-order valence-electron chi connectivity index (χ2n) is 6.49. The molecule has 0 aliphatic heterocycles. The smallest absolute Gasteiger partial charge is 0.339 e. The van der Waals surface area contributed by atoms with E-state index in [-0.39, 0.29) is 0 Å². The highest BCUT2D eigenvalue weighted by Crippen LogP contribution is 2.17. The van der Waals surface area contributed by atoms with E-state index in [1.807, 2.05) is 66.7 Å². The van der Waals surface area contributed by atoms with Crippen LogP contribution in [-0.2, 0) is 0 Å². The van der Waals surface area contributed by atoms with Gasteiger partial charge in [0.25, 0.3) is 0 Å². The lowest BCUT2D eigenvalue weighted by Crippen LogP contribution is -2.24. The van der Waals surface area contributed by atoms with Crippen molar-refractivity contribution in [1.29, 1.82) is 0 Å². The second kappa shape index (κ2) is 11.9. The van der Waals surface area contributed by atoms with Crippen molar-refractivity contribution in [3.05, 3.63) is 84.4 Å². The normalized spacial score (nSPS) is 10.5. The SMILES string of the molecule is COc1ccc(OCCCOc2ccc(/C=N/NC(=O)Nc3ccccc3)cc2)cc1. The summed E-state index contributed by atoms with van der Waals surface area (Å²) < 4.78 is 16.5. The summed E-state index contributed by atoms with van der Waals surface area (Å²) >= 11 is 0. The molecule has 3 rings (SSSR count). The first-order valence-corrected chi connectivity index (χ1v) is 9.88. The van der Waals surface area contributed by atoms with Crippen molar-refractivity contribution in [2.45, 2.75) is 6.42 Å². The van der Waals surface area contributed by atoms with Crippen LogP contribution in [0, 0.1) is 0 Å². The Kier molecular flexibility index (Phi) is 8.31. The molecule has 7 nitrogen and oxygen atoms in total. The zero-order valence-corrected chi connectivity index (χ0v) is 17.3. The molecule has 0 aromatic heterocycles. The van der Waals surface area contributed by atoms with Crippen LogP contribution in [0.1, 0.15) is 12.0 Å². The first kappa shape index (κ1) is 21.7. The number of carbonyl (C=O) groups excluding carboxylic acids is 1. The van der Waals surface area contributed by atoms with E-state index in [0.717, 1.165) is 29.2 Å². The van der Waals surface area contributed by atoms with Crippen molar-refractivity contribution in [1.82, 2.24) is 5.43 Å². The van der Waals surface area contributed by atoms with Crippen LogP contribution in [-0.4, -0.2) is 32.6 Å². The molecule has 0 bridgehead atoms. The van der Waals surface area contributed by atoms with Gasteiger partial charge in [0.05, 0.1) is 26.5 Å². The van der Waals surface area contributed by atoms with Gasteiger partial charge >= 0.3 is 6.03 Å². The number of ether oxygens (including phenoxy) is 3. The fraction of sp³-hybridized carbons (Fsp3) is 0.167. The van der Waals surface area contributed by atoms with E-state index >= 15 is 0 Å². The Morgan fingerprint density at radius 2 is 1.42 bits per heavy atom. The molecule has 2 N–H and O–H groups in total. The number of hydrogen-bond acceptors (Lipinski definition) is 5. The zero-order valence-electron chi connectivity index (χ0n) is 17.3. The summed E-state index contributed by atoms with van der Waals surface area (Å²) in [6.07, 6.45) is 2.33. The van der Waals surface area contributed by atoms with Crippen LogP contribution in [0.4, 0.5) is 10.5 Å². The molecule has 31 heavy (non-hydrogen) atoms. The molecule has 160 valence electrons. The van der Waals surface area contributed by atoms with Crippen LogP contribution < -0.4 is 25.0 Å². The quantitative estimate of drug-likeness (QED) is 0.284. The number of hydrazone groups is 1. The topological polar surface area (TPSA) is 81.2 Å². The zero-order chi connectivity index (χ0) is 21.7. The van der Waals surface area contributed by atoms with E-state index in [2.05, 4.69) is 15.8 Å². The number of hydrogen-bond donors (Lipinski definition) is 2. The first-order valence-electron chi connectivity index (χ1n) is 9.88. The highest BCUT2D eigenvalue weighted by atomic mass is 16.5. The third kappa shape index (κ3) is 7.74. The van der Waals surface area contributed by atoms with Crippen LogP contribution in [0.25, 0.3) is 0 Å². The van der Waals surface area contributed by atoms with Gasteiger partial charge in [-0.3, -0.25) is 0 Å². The van der Waals surface area contributed by atoms with Crippen molar-refractivity contribution < 1.29 is 19.0 Å². The van der Waals surface area contributed by atoms with Crippen molar-refractivity contribution >= 4 is 17.9 Å². The third-order valence-electron chi connectivity index (χ3n) is 4.18. The third-order valence-corrected chi connectivity index (χ3v) is 4.18. The Hall–Kier alpha value is -4.00. The molecule has 0 aliphatic rings.